The van der Waals surface area contributed by atoms with E-state index >= 15 is 0 Å². The molecule has 0 saturated heterocycles. The summed E-state index contributed by atoms with van der Waals surface area (Å²) in [5.41, 5.74) is 5.11. The van der Waals surface area contributed by atoms with Gasteiger partial charge >= 0.3 is 0 Å². The van der Waals surface area contributed by atoms with Crippen LogP contribution in [0, 0.1) is 0 Å². The maximum absolute atomic E-state index is 4.03. The first kappa shape index (κ1) is 6.15. The summed E-state index contributed by atoms with van der Waals surface area (Å²) < 4.78 is 0. The van der Waals surface area contributed by atoms with E-state index in [1.807, 2.05) is 13.1 Å². The first-order valence-corrected chi connectivity index (χ1v) is 3.34. The minimum absolute atomic E-state index is 1.02. The zero-order valence-electron chi connectivity index (χ0n) is 6.15. The molecule has 0 fully saturated rings. The second-order valence-corrected chi connectivity index (χ2v) is 2.34. The van der Waals surface area contributed by atoms with E-state index in [9.17, 15) is 0 Å². The maximum atomic E-state index is 4.03. The van der Waals surface area contributed by atoms with Crippen molar-refractivity contribution in [1.29, 1.82) is 0 Å². The van der Waals surface area contributed by atoms with Crippen LogP contribution in [0.25, 0.3) is 0 Å². The lowest BCUT2D eigenvalue weighted by Crippen LogP contribution is -2.23. The molecule has 56 valence electrons. The summed E-state index contributed by atoms with van der Waals surface area (Å²) in [5, 5.41) is 5.68. The van der Waals surface area contributed by atoms with Gasteiger partial charge in [-0.2, -0.15) is 5.10 Å². The van der Waals surface area contributed by atoms with E-state index in [-0.39, 0.29) is 0 Å². The summed E-state index contributed by atoms with van der Waals surface area (Å²) in [5.74, 6) is 0. The molecule has 1 aliphatic heterocycles. The van der Waals surface area contributed by atoms with Crippen molar-refractivity contribution in [2.45, 2.75) is 0 Å². The molecule has 0 amide bonds. The molecule has 0 atom stereocenters. The number of hydrazone groups is 1. The summed E-state index contributed by atoms with van der Waals surface area (Å²) in [4.78, 5) is 3.97. The van der Waals surface area contributed by atoms with Crippen molar-refractivity contribution in [2.75, 3.05) is 12.5 Å². The molecule has 2 rings (SSSR count). The van der Waals surface area contributed by atoms with Gasteiger partial charge < -0.3 is 0 Å². The molecule has 4 heteroatoms. The standard InChI is InChI=1S/C7H8N4/c1-11-9-5-6-4-8-3-2-7(6)10-11/h2-5,10H,1H3. The highest BCUT2D eigenvalue weighted by Crippen LogP contribution is 2.14. The molecule has 0 spiro atoms. The first-order chi connectivity index (χ1) is 5.36. The van der Waals surface area contributed by atoms with E-state index in [4.69, 9.17) is 0 Å². The molecule has 0 aliphatic carbocycles. The lowest BCUT2D eigenvalue weighted by atomic mass is 10.2. The minimum atomic E-state index is 1.02. The maximum Gasteiger partial charge on any atom is 0.0677 e. The van der Waals surface area contributed by atoms with Gasteiger partial charge in [0.05, 0.1) is 11.9 Å². The summed E-state index contributed by atoms with van der Waals surface area (Å²) in [7, 11) is 1.85. The normalized spacial score (nSPS) is 14.1. The average Bonchev–Trinajstić information content (AvgIpc) is 2.04. The Morgan fingerprint density at radius 1 is 1.55 bits per heavy atom. The van der Waals surface area contributed by atoms with E-state index in [1.54, 1.807) is 23.7 Å². The molecular weight excluding hydrogens is 140 g/mol. The molecule has 0 radical (unpaired) electrons. The van der Waals surface area contributed by atoms with Crippen molar-refractivity contribution in [3.05, 3.63) is 24.0 Å². The third-order valence-corrected chi connectivity index (χ3v) is 1.50. The van der Waals surface area contributed by atoms with Crippen molar-refractivity contribution in [2.24, 2.45) is 5.10 Å². The fourth-order valence-electron chi connectivity index (χ4n) is 0.963. The van der Waals surface area contributed by atoms with Gasteiger partial charge in [0.25, 0.3) is 0 Å². The molecule has 1 aromatic heterocycles. The number of hydrogen-bond acceptors (Lipinski definition) is 4. The Morgan fingerprint density at radius 3 is 3.36 bits per heavy atom. The number of fused-ring (bicyclic) bond motifs is 1. The van der Waals surface area contributed by atoms with Crippen molar-refractivity contribution in [3.63, 3.8) is 0 Å². The zero-order valence-corrected chi connectivity index (χ0v) is 6.15. The summed E-state index contributed by atoms with van der Waals surface area (Å²) in [6.45, 7) is 0. The zero-order chi connectivity index (χ0) is 7.68. The van der Waals surface area contributed by atoms with Crippen LogP contribution in [0.15, 0.2) is 23.6 Å². The molecule has 0 saturated carbocycles. The number of nitrogens with zero attached hydrogens (tertiary/aromatic N) is 3. The fraction of sp³-hybridized carbons (Fsp3) is 0.143. The second-order valence-electron chi connectivity index (χ2n) is 2.34. The van der Waals surface area contributed by atoms with E-state index in [0.717, 1.165) is 11.3 Å². The number of aromatic nitrogens is 1. The lowest BCUT2D eigenvalue weighted by Gasteiger charge is -2.20. The van der Waals surface area contributed by atoms with Crippen LogP contribution in [0.5, 0.6) is 0 Å². The van der Waals surface area contributed by atoms with Crippen molar-refractivity contribution < 1.29 is 0 Å². The number of hydrazine groups is 1. The predicted octanol–water partition coefficient (Wildman–Crippen LogP) is 0.688. The van der Waals surface area contributed by atoms with Gasteiger partial charge in [-0.25, -0.2) is 5.12 Å². The van der Waals surface area contributed by atoms with Gasteiger partial charge in [-0.05, 0) is 6.07 Å². The average molecular weight is 148 g/mol. The third-order valence-electron chi connectivity index (χ3n) is 1.50. The SMILES string of the molecule is CN1N=Cc2cnccc2N1. The molecule has 0 unspecified atom stereocenters. The minimum Gasteiger partial charge on any atom is -0.282 e. The third kappa shape index (κ3) is 1.02. The highest BCUT2D eigenvalue weighted by atomic mass is 15.7. The Labute approximate surface area is 64.5 Å². The molecule has 2 heterocycles. The highest BCUT2D eigenvalue weighted by Gasteiger charge is 2.05. The molecule has 4 nitrogen and oxygen atoms in total. The van der Waals surface area contributed by atoms with E-state index in [1.165, 1.54) is 0 Å². The van der Waals surface area contributed by atoms with Crippen LogP contribution in [0.1, 0.15) is 5.56 Å². The van der Waals surface area contributed by atoms with Gasteiger partial charge in [-0.3, -0.25) is 10.4 Å². The van der Waals surface area contributed by atoms with Crippen molar-refractivity contribution in [1.82, 2.24) is 10.1 Å². The molecule has 1 aliphatic rings. The smallest absolute Gasteiger partial charge is 0.0677 e. The Morgan fingerprint density at radius 2 is 2.45 bits per heavy atom. The molecule has 0 aromatic carbocycles. The van der Waals surface area contributed by atoms with Crippen LogP contribution in [-0.4, -0.2) is 23.4 Å². The van der Waals surface area contributed by atoms with Crippen molar-refractivity contribution >= 4 is 11.9 Å². The Balaban J connectivity index is 2.46. The first-order valence-electron chi connectivity index (χ1n) is 3.34. The second kappa shape index (κ2) is 2.23. The van der Waals surface area contributed by atoms with Crippen LogP contribution in [-0.2, 0) is 0 Å². The van der Waals surface area contributed by atoms with Crippen LogP contribution >= 0.6 is 0 Å². The van der Waals surface area contributed by atoms with Crippen LogP contribution in [0.3, 0.4) is 0 Å². The highest BCUT2D eigenvalue weighted by molar-refractivity contribution is 5.87. The van der Waals surface area contributed by atoms with Crippen LogP contribution < -0.4 is 5.43 Å². The van der Waals surface area contributed by atoms with Gasteiger partial charge in [0.15, 0.2) is 0 Å². The summed E-state index contributed by atoms with van der Waals surface area (Å²) >= 11 is 0. The van der Waals surface area contributed by atoms with Gasteiger partial charge in [-0.1, -0.05) is 0 Å². The molecule has 0 bridgehead atoms. The molecule has 1 aromatic rings. The number of pyridine rings is 1. The van der Waals surface area contributed by atoms with E-state index in [2.05, 4.69) is 15.5 Å². The van der Waals surface area contributed by atoms with Gasteiger partial charge in [0.2, 0.25) is 0 Å². The number of nitrogens with one attached hydrogen (secondary N) is 1. The topological polar surface area (TPSA) is 40.5 Å². The van der Waals surface area contributed by atoms with Crippen LogP contribution in [0.4, 0.5) is 5.69 Å². The Hall–Kier alpha value is -1.58. The lowest BCUT2D eigenvalue weighted by molar-refractivity contribution is 0.427. The van der Waals surface area contributed by atoms with Gasteiger partial charge in [-0.15, -0.1) is 0 Å². The number of hydrogen-bond donors (Lipinski definition) is 1. The van der Waals surface area contributed by atoms with E-state index in [0.29, 0.717) is 0 Å². The molecular formula is C7H8N4. The largest absolute Gasteiger partial charge is 0.282 e. The summed E-state index contributed by atoms with van der Waals surface area (Å²) in [6, 6.07) is 1.91. The van der Waals surface area contributed by atoms with E-state index < -0.39 is 0 Å². The number of rotatable bonds is 0. The van der Waals surface area contributed by atoms with Gasteiger partial charge in [0.1, 0.15) is 0 Å². The quantitative estimate of drug-likeness (QED) is 0.588. The number of anilines is 1. The van der Waals surface area contributed by atoms with Gasteiger partial charge in [0, 0.05) is 25.0 Å². The fourth-order valence-corrected chi connectivity index (χ4v) is 0.963. The van der Waals surface area contributed by atoms with Crippen LogP contribution in [0.2, 0.25) is 0 Å². The van der Waals surface area contributed by atoms with Crippen molar-refractivity contribution in [3.8, 4) is 0 Å². The molecule has 1 N–H and O–H groups in total. The molecule has 11 heavy (non-hydrogen) atoms. The predicted molar refractivity (Wildman–Crippen MR) is 43.2 cm³/mol. The summed E-state index contributed by atoms with van der Waals surface area (Å²) in [6.07, 6.45) is 5.30. The Kier molecular flexibility index (Phi) is 1.25. The monoisotopic (exact) mass is 148 g/mol. The Bertz CT molecular complexity index is 294.